The van der Waals surface area contributed by atoms with Gasteiger partial charge >= 0.3 is 0 Å². The quantitative estimate of drug-likeness (QED) is 0.660. The Bertz CT molecular complexity index is 119. The summed E-state index contributed by atoms with van der Waals surface area (Å²) in [6.07, 6.45) is -3.33. The molecule has 0 bridgehead atoms. The summed E-state index contributed by atoms with van der Waals surface area (Å²) in [7, 11) is 0. The maximum atomic E-state index is 12.4. The van der Waals surface area contributed by atoms with Crippen LogP contribution in [0, 0.1) is 0 Å². The molecule has 0 spiro atoms. The first kappa shape index (κ1) is 17.2. The van der Waals surface area contributed by atoms with Gasteiger partial charge in [0, 0.05) is 13.2 Å². The zero-order valence-corrected chi connectivity index (χ0v) is 10.6. The normalized spacial score (nSPS) is 12.6. The van der Waals surface area contributed by atoms with Gasteiger partial charge in [-0.2, -0.15) is 0 Å². The molecular weight excluding hydrogens is 200 g/mol. The summed E-state index contributed by atoms with van der Waals surface area (Å²) in [6.45, 7) is 11.9. The maximum absolute atomic E-state index is 12.4. The summed E-state index contributed by atoms with van der Waals surface area (Å²) in [6, 6.07) is 0. The predicted octanol–water partition coefficient (Wildman–Crippen LogP) is 3.02. The second-order valence-electron chi connectivity index (χ2n) is 2.81. The molecule has 2 nitrogen and oxygen atoms in total. The van der Waals surface area contributed by atoms with Crippen LogP contribution in [0.2, 0.25) is 0 Å². The highest BCUT2D eigenvalue weighted by Gasteiger charge is 2.22. The Morgan fingerprint density at radius 1 is 1.07 bits per heavy atom. The zero-order chi connectivity index (χ0) is 12.3. The molecule has 0 aliphatic heterocycles. The average Bonchev–Trinajstić information content (AvgIpc) is 2.26. The first-order valence-electron chi connectivity index (χ1n) is 5.77. The first-order valence-corrected chi connectivity index (χ1v) is 5.77. The lowest BCUT2D eigenvalue weighted by atomic mass is 10.3. The molecule has 0 aromatic carbocycles. The van der Waals surface area contributed by atoms with Crippen molar-refractivity contribution in [1.82, 2.24) is 4.90 Å². The van der Waals surface area contributed by atoms with Crippen LogP contribution < -0.4 is 0 Å². The lowest BCUT2D eigenvalue weighted by Gasteiger charge is -2.24. The standard InChI is InChI=1S/C9H19F2NO.C2H6/c1-4-12(5-2)7-8(9(10)11)13-6-3;1-2/h8-9H,4-7H2,1-3H3;1-2H3/t8-;/m1./s1. The van der Waals surface area contributed by atoms with E-state index in [1.165, 1.54) is 0 Å². The van der Waals surface area contributed by atoms with Crippen molar-refractivity contribution in [3.63, 3.8) is 0 Å². The van der Waals surface area contributed by atoms with Crippen LogP contribution in [0.5, 0.6) is 0 Å². The number of halogens is 2. The minimum absolute atomic E-state index is 0.318. The largest absolute Gasteiger partial charge is 0.371 e. The van der Waals surface area contributed by atoms with Crippen LogP contribution in [-0.4, -0.2) is 43.7 Å². The Balaban J connectivity index is 0. The van der Waals surface area contributed by atoms with E-state index in [1.807, 2.05) is 32.6 Å². The van der Waals surface area contributed by atoms with Gasteiger partial charge in [0.2, 0.25) is 0 Å². The minimum atomic E-state index is -2.39. The molecule has 0 saturated carbocycles. The Labute approximate surface area is 92.6 Å². The fourth-order valence-corrected chi connectivity index (χ4v) is 1.16. The molecule has 0 amide bonds. The van der Waals surface area contributed by atoms with Crippen LogP contribution in [-0.2, 0) is 4.74 Å². The summed E-state index contributed by atoms with van der Waals surface area (Å²) in [4.78, 5) is 1.94. The second kappa shape index (κ2) is 11.9. The smallest absolute Gasteiger partial charge is 0.265 e. The number of hydrogen-bond donors (Lipinski definition) is 0. The van der Waals surface area contributed by atoms with E-state index in [9.17, 15) is 8.78 Å². The topological polar surface area (TPSA) is 12.5 Å². The first-order chi connectivity index (χ1) is 7.15. The molecule has 0 rings (SSSR count). The van der Waals surface area contributed by atoms with E-state index in [1.54, 1.807) is 6.92 Å². The molecule has 0 unspecified atom stereocenters. The van der Waals surface area contributed by atoms with Crippen molar-refractivity contribution in [1.29, 1.82) is 0 Å². The molecule has 0 radical (unpaired) electrons. The molecule has 0 aliphatic carbocycles. The molecule has 0 fully saturated rings. The van der Waals surface area contributed by atoms with Crippen LogP contribution in [0.25, 0.3) is 0 Å². The fraction of sp³-hybridized carbons (Fsp3) is 1.00. The third-order valence-electron chi connectivity index (χ3n) is 1.99. The minimum Gasteiger partial charge on any atom is -0.371 e. The van der Waals surface area contributed by atoms with Crippen molar-refractivity contribution >= 4 is 0 Å². The van der Waals surface area contributed by atoms with Gasteiger partial charge in [-0.25, -0.2) is 8.78 Å². The third-order valence-corrected chi connectivity index (χ3v) is 1.99. The lowest BCUT2D eigenvalue weighted by molar-refractivity contribution is -0.0647. The molecule has 4 heteroatoms. The summed E-state index contributed by atoms with van der Waals surface area (Å²) in [5.41, 5.74) is 0. The molecule has 15 heavy (non-hydrogen) atoms. The van der Waals surface area contributed by atoms with Gasteiger partial charge in [0.1, 0.15) is 6.10 Å². The van der Waals surface area contributed by atoms with E-state index < -0.39 is 12.5 Å². The van der Waals surface area contributed by atoms with Gasteiger partial charge in [-0.1, -0.05) is 27.7 Å². The van der Waals surface area contributed by atoms with Gasteiger partial charge in [-0.15, -0.1) is 0 Å². The monoisotopic (exact) mass is 225 g/mol. The third kappa shape index (κ3) is 8.75. The highest BCUT2D eigenvalue weighted by atomic mass is 19.3. The number of ether oxygens (including phenoxy) is 1. The lowest BCUT2D eigenvalue weighted by Crippen LogP contribution is -2.37. The van der Waals surface area contributed by atoms with Gasteiger partial charge in [0.25, 0.3) is 6.43 Å². The molecule has 0 saturated heterocycles. The molecule has 0 N–H and O–H groups in total. The number of rotatable bonds is 7. The highest BCUT2D eigenvalue weighted by molar-refractivity contribution is 4.66. The molecule has 1 atom stereocenters. The summed E-state index contributed by atoms with van der Waals surface area (Å²) in [5.74, 6) is 0. The van der Waals surface area contributed by atoms with E-state index in [0.29, 0.717) is 13.2 Å². The Morgan fingerprint density at radius 3 is 1.80 bits per heavy atom. The number of alkyl halides is 2. The highest BCUT2D eigenvalue weighted by Crippen LogP contribution is 2.07. The van der Waals surface area contributed by atoms with E-state index in [4.69, 9.17) is 4.74 Å². The number of hydrogen-bond acceptors (Lipinski definition) is 2. The number of nitrogens with zero attached hydrogens (tertiary/aromatic N) is 1. The molecule has 0 aromatic rings. The van der Waals surface area contributed by atoms with Crippen molar-refractivity contribution in [3.8, 4) is 0 Å². The molecule has 94 valence electrons. The Hall–Kier alpha value is -0.220. The Morgan fingerprint density at radius 2 is 1.53 bits per heavy atom. The van der Waals surface area contributed by atoms with Crippen LogP contribution in [0.4, 0.5) is 8.78 Å². The zero-order valence-electron chi connectivity index (χ0n) is 10.6. The average molecular weight is 225 g/mol. The van der Waals surface area contributed by atoms with Gasteiger partial charge in [0.15, 0.2) is 0 Å². The van der Waals surface area contributed by atoms with Crippen LogP contribution in [0.15, 0.2) is 0 Å². The molecular formula is C11H25F2NO. The van der Waals surface area contributed by atoms with Gasteiger partial charge in [0.05, 0.1) is 0 Å². The van der Waals surface area contributed by atoms with E-state index >= 15 is 0 Å². The Kier molecular flexibility index (Phi) is 13.6. The molecule has 0 aromatic heterocycles. The van der Waals surface area contributed by atoms with Crippen LogP contribution in [0.1, 0.15) is 34.6 Å². The van der Waals surface area contributed by atoms with Crippen molar-refractivity contribution in [3.05, 3.63) is 0 Å². The molecule has 0 heterocycles. The van der Waals surface area contributed by atoms with Gasteiger partial charge in [-0.3, -0.25) is 0 Å². The van der Waals surface area contributed by atoms with E-state index in [0.717, 1.165) is 13.1 Å². The predicted molar refractivity (Wildman–Crippen MR) is 60.6 cm³/mol. The molecule has 0 aliphatic rings. The van der Waals surface area contributed by atoms with E-state index in [-0.39, 0.29) is 0 Å². The van der Waals surface area contributed by atoms with Gasteiger partial charge in [-0.05, 0) is 20.0 Å². The second-order valence-corrected chi connectivity index (χ2v) is 2.81. The van der Waals surface area contributed by atoms with Gasteiger partial charge < -0.3 is 9.64 Å². The number of likely N-dealkylation sites (N-methyl/N-ethyl adjacent to an activating group) is 1. The van der Waals surface area contributed by atoms with Crippen LogP contribution >= 0.6 is 0 Å². The van der Waals surface area contributed by atoms with Crippen molar-refractivity contribution < 1.29 is 13.5 Å². The fourth-order valence-electron chi connectivity index (χ4n) is 1.16. The van der Waals surface area contributed by atoms with Crippen molar-refractivity contribution in [2.45, 2.75) is 47.1 Å². The van der Waals surface area contributed by atoms with Crippen molar-refractivity contribution in [2.75, 3.05) is 26.2 Å². The summed E-state index contributed by atoms with van der Waals surface area (Å²) in [5, 5.41) is 0. The maximum Gasteiger partial charge on any atom is 0.265 e. The van der Waals surface area contributed by atoms with Crippen molar-refractivity contribution in [2.24, 2.45) is 0 Å². The van der Waals surface area contributed by atoms with E-state index in [2.05, 4.69) is 0 Å². The SMILES string of the molecule is CC.CCO[C@H](CN(CC)CC)C(F)F. The van der Waals surface area contributed by atoms with Crippen LogP contribution in [0.3, 0.4) is 0 Å². The summed E-state index contributed by atoms with van der Waals surface area (Å²) < 4.78 is 29.7. The summed E-state index contributed by atoms with van der Waals surface area (Å²) >= 11 is 0.